The Hall–Kier alpha value is -3.36. The van der Waals surface area contributed by atoms with Crippen molar-refractivity contribution < 1.29 is 13.5 Å². The number of hydrogen-bond donors (Lipinski definition) is 1. The van der Waals surface area contributed by atoms with E-state index in [1.165, 1.54) is 13.2 Å². The normalized spacial score (nSPS) is 12.8. The number of ether oxygens (including phenoxy) is 1. The van der Waals surface area contributed by atoms with Gasteiger partial charge in [-0.25, -0.2) is 24.3 Å². The molecule has 29 heavy (non-hydrogen) atoms. The number of pyridine rings is 2. The molecule has 0 amide bonds. The molecule has 7 nitrogen and oxygen atoms in total. The molecule has 3 aromatic heterocycles. The summed E-state index contributed by atoms with van der Waals surface area (Å²) < 4.78 is 33.1. The average molecular weight is 398 g/mol. The van der Waals surface area contributed by atoms with Gasteiger partial charge >= 0.3 is 0 Å². The Bertz CT molecular complexity index is 1050. The van der Waals surface area contributed by atoms with E-state index in [1.807, 2.05) is 6.92 Å². The molecule has 1 aliphatic heterocycles. The van der Waals surface area contributed by atoms with Gasteiger partial charge in [-0.1, -0.05) is 0 Å². The molecule has 0 radical (unpaired) electrons. The summed E-state index contributed by atoms with van der Waals surface area (Å²) in [7, 11) is 1.46. The highest BCUT2D eigenvalue weighted by atomic mass is 19.1. The van der Waals surface area contributed by atoms with Crippen LogP contribution in [-0.4, -0.2) is 33.6 Å². The summed E-state index contributed by atoms with van der Waals surface area (Å²) in [6.07, 6.45) is 3.46. The van der Waals surface area contributed by atoms with Crippen LogP contribution >= 0.6 is 0 Å². The highest BCUT2D eigenvalue weighted by Crippen LogP contribution is 2.30. The molecule has 0 unspecified atom stereocenters. The van der Waals surface area contributed by atoms with Gasteiger partial charge in [-0.05, 0) is 25.1 Å². The van der Waals surface area contributed by atoms with Crippen molar-refractivity contribution in [1.82, 2.24) is 19.9 Å². The molecule has 4 rings (SSSR count). The highest BCUT2D eigenvalue weighted by Gasteiger charge is 2.24. The van der Waals surface area contributed by atoms with E-state index < -0.39 is 11.8 Å². The second kappa shape index (κ2) is 7.94. The summed E-state index contributed by atoms with van der Waals surface area (Å²) in [5.74, 6) is -0.371. The number of rotatable bonds is 6. The SMILES string of the molecule is COc1ncc(F)cc1CNc1ccc(CN2CCc3ncnc(C)c32)c(F)n1. The molecule has 3 aromatic rings. The lowest BCUT2D eigenvalue weighted by atomic mass is 10.2. The summed E-state index contributed by atoms with van der Waals surface area (Å²) >= 11 is 0. The zero-order valence-electron chi connectivity index (χ0n) is 16.1. The van der Waals surface area contributed by atoms with Gasteiger partial charge in [0.15, 0.2) is 0 Å². The molecular weight excluding hydrogens is 378 g/mol. The van der Waals surface area contributed by atoms with E-state index in [1.54, 1.807) is 18.5 Å². The number of hydrogen-bond acceptors (Lipinski definition) is 7. The van der Waals surface area contributed by atoms with Crippen molar-refractivity contribution in [2.75, 3.05) is 23.9 Å². The van der Waals surface area contributed by atoms with E-state index in [2.05, 4.69) is 30.2 Å². The maximum atomic E-state index is 14.6. The van der Waals surface area contributed by atoms with Crippen molar-refractivity contribution in [3.8, 4) is 5.88 Å². The van der Waals surface area contributed by atoms with Crippen LogP contribution in [0.1, 0.15) is 22.5 Å². The van der Waals surface area contributed by atoms with Crippen molar-refractivity contribution in [3.05, 3.63) is 65.0 Å². The summed E-state index contributed by atoms with van der Waals surface area (Å²) in [6, 6.07) is 4.71. The minimum absolute atomic E-state index is 0.204. The maximum absolute atomic E-state index is 14.6. The maximum Gasteiger partial charge on any atom is 0.219 e. The van der Waals surface area contributed by atoms with Gasteiger partial charge in [-0.15, -0.1) is 0 Å². The smallest absolute Gasteiger partial charge is 0.219 e. The van der Waals surface area contributed by atoms with E-state index in [0.717, 1.165) is 36.2 Å². The lowest BCUT2D eigenvalue weighted by molar-refractivity contribution is 0.391. The van der Waals surface area contributed by atoms with E-state index in [-0.39, 0.29) is 6.54 Å². The van der Waals surface area contributed by atoms with Crippen molar-refractivity contribution in [2.45, 2.75) is 26.4 Å². The van der Waals surface area contributed by atoms with Crippen molar-refractivity contribution in [2.24, 2.45) is 0 Å². The number of aryl methyl sites for hydroxylation is 1. The zero-order chi connectivity index (χ0) is 20.4. The molecule has 0 aromatic carbocycles. The molecular formula is C20H20F2N6O. The van der Waals surface area contributed by atoms with Gasteiger partial charge in [-0.2, -0.15) is 4.39 Å². The minimum atomic E-state index is -0.553. The van der Waals surface area contributed by atoms with E-state index in [0.29, 0.717) is 29.4 Å². The molecule has 0 saturated heterocycles. The molecule has 9 heteroatoms. The first kappa shape index (κ1) is 19.0. The fourth-order valence-corrected chi connectivity index (χ4v) is 3.47. The lowest BCUT2D eigenvalue weighted by Gasteiger charge is -2.20. The number of methoxy groups -OCH3 is 1. The molecule has 0 fully saturated rings. The molecule has 1 aliphatic rings. The fourth-order valence-electron chi connectivity index (χ4n) is 3.47. The molecule has 150 valence electrons. The van der Waals surface area contributed by atoms with Gasteiger partial charge in [0.05, 0.1) is 30.4 Å². The predicted octanol–water partition coefficient (Wildman–Crippen LogP) is 3.04. The number of nitrogens with zero attached hydrogens (tertiary/aromatic N) is 5. The van der Waals surface area contributed by atoms with E-state index >= 15 is 0 Å². The Labute approximate surface area is 166 Å². The molecule has 0 bridgehead atoms. The Balaban J connectivity index is 1.46. The summed E-state index contributed by atoms with van der Waals surface area (Å²) in [6.45, 7) is 3.29. The van der Waals surface area contributed by atoms with Crippen LogP contribution in [0.5, 0.6) is 5.88 Å². The Morgan fingerprint density at radius 3 is 2.83 bits per heavy atom. The van der Waals surface area contributed by atoms with Gasteiger partial charge in [0.2, 0.25) is 11.8 Å². The molecule has 0 atom stereocenters. The van der Waals surface area contributed by atoms with Crippen LogP contribution in [-0.2, 0) is 19.5 Å². The topological polar surface area (TPSA) is 76.1 Å². The molecule has 0 spiro atoms. The van der Waals surface area contributed by atoms with Crippen molar-refractivity contribution in [3.63, 3.8) is 0 Å². The van der Waals surface area contributed by atoms with Crippen molar-refractivity contribution in [1.29, 1.82) is 0 Å². The van der Waals surface area contributed by atoms with Gasteiger partial charge in [0.25, 0.3) is 0 Å². The van der Waals surface area contributed by atoms with Gasteiger partial charge in [-0.3, -0.25) is 0 Å². The molecule has 4 heterocycles. The monoisotopic (exact) mass is 398 g/mol. The Morgan fingerprint density at radius 1 is 1.17 bits per heavy atom. The third kappa shape index (κ3) is 3.94. The number of anilines is 2. The first-order chi connectivity index (χ1) is 14.0. The minimum Gasteiger partial charge on any atom is -0.481 e. The third-order valence-electron chi connectivity index (χ3n) is 4.85. The van der Waals surface area contributed by atoms with E-state index in [4.69, 9.17) is 4.74 Å². The second-order valence-corrected chi connectivity index (χ2v) is 6.75. The van der Waals surface area contributed by atoms with Gasteiger partial charge < -0.3 is 15.0 Å². The fraction of sp³-hybridized carbons (Fsp3) is 0.300. The molecule has 1 N–H and O–H groups in total. The van der Waals surface area contributed by atoms with Crippen LogP contribution < -0.4 is 15.0 Å². The molecule has 0 saturated carbocycles. The number of fused-ring (bicyclic) bond motifs is 1. The largest absolute Gasteiger partial charge is 0.481 e. The van der Waals surface area contributed by atoms with Crippen LogP contribution in [0.4, 0.5) is 20.3 Å². The zero-order valence-corrected chi connectivity index (χ0v) is 16.1. The second-order valence-electron chi connectivity index (χ2n) is 6.75. The van der Waals surface area contributed by atoms with Crippen LogP contribution in [0.3, 0.4) is 0 Å². The average Bonchev–Trinajstić information content (AvgIpc) is 3.12. The Kier molecular flexibility index (Phi) is 5.20. The van der Waals surface area contributed by atoms with Crippen LogP contribution in [0.2, 0.25) is 0 Å². The number of halogens is 2. The number of nitrogens with one attached hydrogen (secondary N) is 1. The number of aromatic nitrogens is 4. The first-order valence-electron chi connectivity index (χ1n) is 9.18. The summed E-state index contributed by atoms with van der Waals surface area (Å²) in [5, 5.41) is 2.98. The van der Waals surface area contributed by atoms with Crippen LogP contribution in [0.15, 0.2) is 30.7 Å². The van der Waals surface area contributed by atoms with Crippen molar-refractivity contribution >= 4 is 11.5 Å². The summed E-state index contributed by atoms with van der Waals surface area (Å²) in [5.41, 5.74) is 3.85. The highest BCUT2D eigenvalue weighted by molar-refractivity contribution is 5.58. The first-order valence-corrected chi connectivity index (χ1v) is 9.18. The lowest BCUT2D eigenvalue weighted by Crippen LogP contribution is -2.22. The Morgan fingerprint density at radius 2 is 2.03 bits per heavy atom. The summed E-state index contributed by atoms with van der Waals surface area (Å²) in [4.78, 5) is 18.5. The van der Waals surface area contributed by atoms with Gasteiger partial charge in [0, 0.05) is 37.2 Å². The standard InChI is InChI=1S/C20H20F2N6O/c1-12-18-16(26-11-25-12)5-6-28(18)10-13-3-4-17(27-19(13)22)23-8-14-7-15(21)9-24-20(14)29-2/h3-4,7,9,11H,5-6,8,10H2,1-2H3,(H,23,27). The van der Waals surface area contributed by atoms with E-state index in [9.17, 15) is 8.78 Å². The van der Waals surface area contributed by atoms with Crippen LogP contribution in [0.25, 0.3) is 0 Å². The van der Waals surface area contributed by atoms with Gasteiger partial charge in [0.1, 0.15) is 18.0 Å². The third-order valence-corrected chi connectivity index (χ3v) is 4.85. The molecule has 0 aliphatic carbocycles. The predicted molar refractivity (Wildman–Crippen MR) is 104 cm³/mol. The quantitative estimate of drug-likeness (QED) is 0.640. The van der Waals surface area contributed by atoms with Crippen LogP contribution in [0, 0.1) is 18.7 Å².